The van der Waals surface area contributed by atoms with E-state index in [0.717, 1.165) is 27.8 Å². The molecule has 11 nitrogen and oxygen atoms in total. The van der Waals surface area contributed by atoms with Gasteiger partial charge in [-0.3, -0.25) is 9.18 Å². The molecule has 0 spiro atoms. The lowest BCUT2D eigenvalue weighted by Crippen LogP contribution is -2.44. The Morgan fingerprint density at radius 1 is 1.17 bits per heavy atom. The number of nitrogens with one attached hydrogen (secondary N) is 1. The van der Waals surface area contributed by atoms with Crippen molar-refractivity contribution in [2.45, 2.75) is 37.3 Å². The van der Waals surface area contributed by atoms with E-state index in [0.29, 0.717) is 12.2 Å². The van der Waals surface area contributed by atoms with Gasteiger partial charge < -0.3 is 20.3 Å². The summed E-state index contributed by atoms with van der Waals surface area (Å²) >= 11 is 0. The minimum absolute atomic E-state index is 0.247. The number of benzene rings is 2. The number of hydrogen-bond acceptors (Lipinski definition) is 10. The summed E-state index contributed by atoms with van der Waals surface area (Å²) in [5.74, 6) is 0.815. The van der Waals surface area contributed by atoms with Crippen LogP contribution in [0.3, 0.4) is 0 Å². The lowest BCUT2D eigenvalue weighted by Gasteiger charge is -2.29. The normalized spacial score (nSPS) is 28.1. The van der Waals surface area contributed by atoms with Crippen molar-refractivity contribution in [3.63, 3.8) is 0 Å². The van der Waals surface area contributed by atoms with Gasteiger partial charge in [0.25, 0.3) is 0 Å². The van der Waals surface area contributed by atoms with Gasteiger partial charge in [-0.2, -0.15) is 13.5 Å². The number of methoxy groups -OCH3 is 1. The first-order valence-corrected chi connectivity index (χ1v) is 12.7. The summed E-state index contributed by atoms with van der Waals surface area (Å²) in [6.07, 6.45) is 1.78. The number of aliphatic hydroxyl groups is 2. The fourth-order valence-corrected chi connectivity index (χ4v) is 5.27. The van der Waals surface area contributed by atoms with Crippen LogP contribution in [0.15, 0.2) is 58.4 Å². The van der Waals surface area contributed by atoms with E-state index in [9.17, 15) is 18.6 Å². The molecule has 2 aromatic rings. The van der Waals surface area contributed by atoms with Crippen LogP contribution in [0.25, 0.3) is 10.8 Å². The largest absolute Gasteiger partial charge is 0.496 e. The van der Waals surface area contributed by atoms with Gasteiger partial charge in [0.15, 0.2) is 0 Å². The maximum Gasteiger partial charge on any atom is 0.333 e. The van der Waals surface area contributed by atoms with Crippen LogP contribution in [-0.2, 0) is 14.5 Å². The Morgan fingerprint density at radius 2 is 1.94 bits per heavy atom. The molecule has 1 fully saturated rings. The van der Waals surface area contributed by atoms with Gasteiger partial charge in [-0.1, -0.05) is 24.3 Å². The number of aliphatic imine (C=N–C) groups is 1. The average molecular weight is 502 g/mol. The number of aliphatic hydroxyl groups excluding tert-OH is 2. The number of nitrogens with two attached hydrogens (primary N) is 1. The Balaban J connectivity index is 1.36. The first-order chi connectivity index (χ1) is 16.7. The molecule has 12 heteroatoms. The van der Waals surface area contributed by atoms with Gasteiger partial charge in [0.05, 0.1) is 31.6 Å². The van der Waals surface area contributed by atoms with Gasteiger partial charge in [0.1, 0.15) is 23.8 Å². The van der Waals surface area contributed by atoms with Crippen LogP contribution in [0.4, 0.5) is 0 Å². The third-order valence-electron chi connectivity index (χ3n) is 6.62. The molecule has 1 saturated carbocycles. The SMILES string of the molecule is COc1ccc(C2=NN3C(N[C@@H]4C[C@H](COS(N)(=O)=O)[C@@H](O)[C@H]4O)=CC=NC3C2)c2ccccc12. The van der Waals surface area contributed by atoms with Crippen molar-refractivity contribution in [3.8, 4) is 5.75 Å². The van der Waals surface area contributed by atoms with Gasteiger partial charge in [0.2, 0.25) is 0 Å². The standard InChI is InChI=1S/C23H27N5O6S/c1-33-19-7-6-15(14-4-2-3-5-16(14)19)17-11-21-25-9-8-20(28(21)27-17)26-18-10-13(22(29)23(18)30)12-34-35(24,31)32/h2-9,13,18,21-23,26,29-30H,10-12H2,1H3,(H2,24,31,32)/t13-,18-,21?,22-,23+/m1/s1. The topological polar surface area (TPSA) is 159 Å². The molecule has 0 aromatic heterocycles. The zero-order chi connectivity index (χ0) is 24.7. The van der Waals surface area contributed by atoms with Crippen molar-refractivity contribution in [1.29, 1.82) is 0 Å². The van der Waals surface area contributed by atoms with Gasteiger partial charge in [-0.05, 0) is 30.0 Å². The average Bonchev–Trinajstić information content (AvgIpc) is 3.39. The number of ether oxygens (including phenoxy) is 1. The summed E-state index contributed by atoms with van der Waals surface area (Å²) < 4.78 is 32.4. The molecule has 2 heterocycles. The Morgan fingerprint density at radius 3 is 2.69 bits per heavy atom. The number of rotatable bonds is 7. The highest BCUT2D eigenvalue weighted by Crippen LogP contribution is 2.34. The molecule has 1 unspecified atom stereocenters. The van der Waals surface area contributed by atoms with Crippen molar-refractivity contribution >= 4 is 33.0 Å². The molecule has 1 aliphatic carbocycles. The summed E-state index contributed by atoms with van der Waals surface area (Å²) in [7, 11) is -2.49. The molecule has 5 N–H and O–H groups in total. The minimum atomic E-state index is -4.14. The van der Waals surface area contributed by atoms with E-state index in [-0.39, 0.29) is 19.2 Å². The van der Waals surface area contributed by atoms with Crippen LogP contribution < -0.4 is 15.2 Å². The van der Waals surface area contributed by atoms with Crippen molar-refractivity contribution < 1.29 is 27.6 Å². The predicted molar refractivity (Wildman–Crippen MR) is 130 cm³/mol. The van der Waals surface area contributed by atoms with E-state index >= 15 is 0 Å². The zero-order valence-corrected chi connectivity index (χ0v) is 19.8. The highest BCUT2D eigenvalue weighted by Gasteiger charge is 2.43. The van der Waals surface area contributed by atoms with Crippen LogP contribution in [0.2, 0.25) is 0 Å². The van der Waals surface area contributed by atoms with Gasteiger partial charge in [-0.15, -0.1) is 0 Å². The molecule has 0 bridgehead atoms. The van der Waals surface area contributed by atoms with Crippen molar-refractivity contribution in [2.24, 2.45) is 21.2 Å². The number of hydrazone groups is 1. The van der Waals surface area contributed by atoms with Crippen molar-refractivity contribution in [3.05, 3.63) is 53.9 Å². The van der Waals surface area contributed by atoms with E-state index in [4.69, 9.17) is 15.0 Å². The van der Waals surface area contributed by atoms with Crippen LogP contribution in [-0.4, -0.2) is 73.7 Å². The quantitative estimate of drug-likeness (QED) is 0.425. The lowest BCUT2D eigenvalue weighted by molar-refractivity contribution is 0.00275. The molecule has 0 radical (unpaired) electrons. The van der Waals surface area contributed by atoms with Crippen molar-refractivity contribution in [1.82, 2.24) is 10.3 Å². The smallest absolute Gasteiger partial charge is 0.333 e. The van der Waals surface area contributed by atoms with Gasteiger partial charge in [0, 0.05) is 29.5 Å². The number of hydrogen-bond donors (Lipinski definition) is 4. The van der Waals surface area contributed by atoms with Crippen LogP contribution in [0.5, 0.6) is 5.75 Å². The monoisotopic (exact) mass is 501 g/mol. The second-order valence-electron chi connectivity index (χ2n) is 8.79. The van der Waals surface area contributed by atoms with E-state index in [1.807, 2.05) is 36.4 Å². The van der Waals surface area contributed by atoms with E-state index in [2.05, 4.69) is 14.5 Å². The molecule has 2 aliphatic heterocycles. The Bertz CT molecular complexity index is 1330. The Labute approximate surface area is 202 Å². The Kier molecular flexibility index (Phi) is 6.23. The first-order valence-electron chi connectivity index (χ1n) is 11.2. The second-order valence-corrected chi connectivity index (χ2v) is 10.0. The molecule has 0 saturated heterocycles. The molecule has 5 atom stereocenters. The fraction of sp³-hybridized carbons (Fsp3) is 0.391. The molecular formula is C23H27N5O6S. The molecule has 186 valence electrons. The van der Waals surface area contributed by atoms with Crippen molar-refractivity contribution in [2.75, 3.05) is 13.7 Å². The van der Waals surface area contributed by atoms with E-state index < -0.39 is 34.5 Å². The molecule has 0 amide bonds. The van der Waals surface area contributed by atoms with Crippen LogP contribution in [0.1, 0.15) is 18.4 Å². The number of nitrogens with zero attached hydrogens (tertiary/aromatic N) is 3. The molecule has 5 rings (SSSR count). The number of allylic oxidation sites excluding steroid dienone is 1. The maximum atomic E-state index is 11.1. The minimum Gasteiger partial charge on any atom is -0.496 e. The molecule has 2 aromatic carbocycles. The molecule has 3 aliphatic rings. The fourth-order valence-electron chi connectivity index (χ4n) is 4.90. The zero-order valence-electron chi connectivity index (χ0n) is 19.0. The number of fused-ring (bicyclic) bond motifs is 2. The molecular weight excluding hydrogens is 474 g/mol. The maximum absolute atomic E-state index is 11.1. The summed E-state index contributed by atoms with van der Waals surface area (Å²) in [4.78, 5) is 4.54. The first kappa shape index (κ1) is 23.7. The van der Waals surface area contributed by atoms with Crippen LogP contribution in [0, 0.1) is 5.92 Å². The summed E-state index contributed by atoms with van der Waals surface area (Å²) in [6.45, 7) is -0.311. The van der Waals surface area contributed by atoms with Gasteiger partial charge >= 0.3 is 10.3 Å². The van der Waals surface area contributed by atoms with E-state index in [1.165, 1.54) is 0 Å². The van der Waals surface area contributed by atoms with E-state index in [1.54, 1.807) is 24.4 Å². The molecule has 35 heavy (non-hydrogen) atoms. The highest BCUT2D eigenvalue weighted by molar-refractivity contribution is 7.84. The highest BCUT2D eigenvalue weighted by atomic mass is 32.2. The lowest BCUT2D eigenvalue weighted by atomic mass is 9.98. The summed E-state index contributed by atoms with van der Waals surface area (Å²) in [5, 5.41) is 37.7. The van der Waals surface area contributed by atoms with Crippen LogP contribution >= 0.6 is 0 Å². The summed E-state index contributed by atoms with van der Waals surface area (Å²) in [6, 6.07) is 11.4. The summed E-state index contributed by atoms with van der Waals surface area (Å²) in [5.41, 5.74) is 1.86. The van der Waals surface area contributed by atoms with Gasteiger partial charge in [-0.25, -0.2) is 10.1 Å². The third kappa shape index (κ3) is 4.62. The predicted octanol–water partition coefficient (Wildman–Crippen LogP) is 0.430. The second kappa shape index (κ2) is 9.21. The Hall–Kier alpha value is -3.03. The third-order valence-corrected chi connectivity index (χ3v) is 7.09.